The number of ether oxygens (including phenoxy) is 1. The third-order valence-electron chi connectivity index (χ3n) is 4.47. The molecule has 0 unspecified atom stereocenters. The second-order valence-electron chi connectivity index (χ2n) is 6.91. The molecule has 1 aromatic carbocycles. The van der Waals surface area contributed by atoms with E-state index >= 15 is 0 Å². The third-order valence-corrected chi connectivity index (χ3v) is 4.47. The molecular weight excluding hydrogens is 318 g/mol. The summed E-state index contributed by atoms with van der Waals surface area (Å²) in [7, 11) is 5.60. The monoisotopic (exact) mass is 345 g/mol. The van der Waals surface area contributed by atoms with Crippen molar-refractivity contribution in [3.05, 3.63) is 35.7 Å². The summed E-state index contributed by atoms with van der Waals surface area (Å²) in [5.41, 5.74) is 1.36. The number of nitrogens with one attached hydrogen (secondary N) is 1. The van der Waals surface area contributed by atoms with Crippen LogP contribution in [0.4, 0.5) is 0 Å². The molecule has 6 nitrogen and oxygen atoms in total. The van der Waals surface area contributed by atoms with Crippen LogP contribution in [0.25, 0.3) is 11.5 Å². The van der Waals surface area contributed by atoms with Gasteiger partial charge in [-0.1, -0.05) is 6.07 Å². The Morgan fingerprint density at radius 2 is 2.08 bits per heavy atom. The van der Waals surface area contributed by atoms with E-state index in [9.17, 15) is 4.79 Å². The lowest BCUT2D eigenvalue weighted by atomic mass is 10.0. The Morgan fingerprint density at radius 1 is 1.36 bits per heavy atom. The topological polar surface area (TPSA) is 67.6 Å². The molecule has 1 N–H and O–H groups in total. The van der Waals surface area contributed by atoms with Gasteiger partial charge in [0.25, 0.3) is 0 Å². The van der Waals surface area contributed by atoms with E-state index in [1.807, 2.05) is 45.3 Å². The molecule has 0 radical (unpaired) electrons. The van der Waals surface area contributed by atoms with Gasteiger partial charge in [0.2, 0.25) is 11.8 Å². The fourth-order valence-corrected chi connectivity index (χ4v) is 2.16. The highest BCUT2D eigenvalue weighted by Gasteiger charge is 2.22. The van der Waals surface area contributed by atoms with Crippen LogP contribution in [0.5, 0.6) is 5.75 Å². The molecule has 0 saturated carbocycles. The van der Waals surface area contributed by atoms with Crippen LogP contribution in [0.3, 0.4) is 0 Å². The van der Waals surface area contributed by atoms with Gasteiger partial charge in [-0.15, -0.1) is 0 Å². The number of amides is 1. The molecule has 0 bridgehead atoms. The fraction of sp³-hybridized carbons (Fsp3) is 0.474. The number of methoxy groups -OCH3 is 1. The standard InChI is InChI=1S/C19H27N3O3/c1-13-16(11-17(23)20-12-19(2,3)22(4)5)21-18(25-13)14-8-7-9-15(10-14)24-6/h7-10H,11-12H2,1-6H3,(H,20,23). The zero-order valence-electron chi connectivity index (χ0n) is 15.8. The molecule has 0 spiro atoms. The number of hydrogen-bond donors (Lipinski definition) is 1. The van der Waals surface area contributed by atoms with E-state index in [-0.39, 0.29) is 17.9 Å². The van der Waals surface area contributed by atoms with Gasteiger partial charge < -0.3 is 19.4 Å². The summed E-state index contributed by atoms with van der Waals surface area (Å²) in [6, 6.07) is 7.50. The molecule has 2 aromatic rings. The molecule has 25 heavy (non-hydrogen) atoms. The summed E-state index contributed by atoms with van der Waals surface area (Å²) in [5.74, 6) is 1.81. The number of hydrogen-bond acceptors (Lipinski definition) is 5. The minimum atomic E-state index is -0.111. The average molecular weight is 345 g/mol. The second-order valence-corrected chi connectivity index (χ2v) is 6.91. The molecular formula is C19H27N3O3. The Kier molecular flexibility index (Phi) is 5.85. The van der Waals surface area contributed by atoms with Crippen molar-refractivity contribution in [2.75, 3.05) is 27.7 Å². The van der Waals surface area contributed by atoms with Crippen LogP contribution in [-0.2, 0) is 11.2 Å². The number of likely N-dealkylation sites (N-methyl/N-ethyl adjacent to an activating group) is 1. The van der Waals surface area contributed by atoms with Crippen LogP contribution in [0.2, 0.25) is 0 Å². The number of aromatic nitrogens is 1. The molecule has 0 aliphatic carbocycles. The Bertz CT molecular complexity index is 735. The van der Waals surface area contributed by atoms with Crippen LogP contribution in [0, 0.1) is 6.92 Å². The number of carbonyl (C=O) groups excluding carboxylic acids is 1. The van der Waals surface area contributed by atoms with Gasteiger partial charge in [-0.3, -0.25) is 4.79 Å². The van der Waals surface area contributed by atoms with Gasteiger partial charge in [0.05, 0.1) is 19.2 Å². The quantitative estimate of drug-likeness (QED) is 0.835. The van der Waals surface area contributed by atoms with Gasteiger partial charge in [-0.2, -0.15) is 0 Å². The smallest absolute Gasteiger partial charge is 0.226 e. The fourth-order valence-electron chi connectivity index (χ4n) is 2.16. The van der Waals surface area contributed by atoms with Gasteiger partial charge in [0.15, 0.2) is 0 Å². The van der Waals surface area contributed by atoms with Crippen molar-refractivity contribution in [3.63, 3.8) is 0 Å². The van der Waals surface area contributed by atoms with Crippen molar-refractivity contribution >= 4 is 5.91 Å². The first-order chi connectivity index (χ1) is 11.7. The lowest BCUT2D eigenvalue weighted by molar-refractivity contribution is -0.121. The lowest BCUT2D eigenvalue weighted by Crippen LogP contribution is -2.48. The molecule has 2 rings (SSSR count). The Labute approximate surface area is 149 Å². The van der Waals surface area contributed by atoms with Gasteiger partial charge in [-0.05, 0) is 53.1 Å². The first-order valence-electron chi connectivity index (χ1n) is 8.28. The highest BCUT2D eigenvalue weighted by atomic mass is 16.5. The van der Waals surface area contributed by atoms with Crippen molar-refractivity contribution in [1.29, 1.82) is 0 Å². The van der Waals surface area contributed by atoms with E-state index in [1.54, 1.807) is 7.11 Å². The number of carbonyl (C=O) groups is 1. The van der Waals surface area contributed by atoms with Gasteiger partial charge in [0.1, 0.15) is 11.5 Å². The van der Waals surface area contributed by atoms with Crippen molar-refractivity contribution in [1.82, 2.24) is 15.2 Å². The first kappa shape index (κ1) is 19.0. The van der Waals surface area contributed by atoms with Crippen molar-refractivity contribution in [2.24, 2.45) is 0 Å². The third kappa shape index (κ3) is 4.82. The molecule has 1 aromatic heterocycles. The van der Waals surface area contributed by atoms with Crippen LogP contribution in [0.15, 0.2) is 28.7 Å². The molecule has 1 amide bonds. The molecule has 136 valence electrons. The molecule has 0 atom stereocenters. The maximum Gasteiger partial charge on any atom is 0.226 e. The van der Waals surface area contributed by atoms with Crippen LogP contribution in [0.1, 0.15) is 25.3 Å². The van der Waals surface area contributed by atoms with E-state index < -0.39 is 0 Å². The summed E-state index contributed by atoms with van der Waals surface area (Å²) >= 11 is 0. The summed E-state index contributed by atoms with van der Waals surface area (Å²) in [6.07, 6.45) is 0.197. The molecule has 0 aliphatic rings. The van der Waals surface area contributed by atoms with Crippen molar-refractivity contribution < 1.29 is 13.9 Å². The zero-order valence-corrected chi connectivity index (χ0v) is 15.8. The predicted molar refractivity (Wildman–Crippen MR) is 97.7 cm³/mol. The number of nitrogens with zero attached hydrogens (tertiary/aromatic N) is 2. The van der Waals surface area contributed by atoms with Gasteiger partial charge in [-0.25, -0.2) is 4.98 Å². The highest BCUT2D eigenvalue weighted by Crippen LogP contribution is 2.25. The van der Waals surface area contributed by atoms with E-state index in [1.165, 1.54) is 0 Å². The van der Waals surface area contributed by atoms with E-state index in [4.69, 9.17) is 9.15 Å². The molecule has 0 saturated heterocycles. The largest absolute Gasteiger partial charge is 0.497 e. The first-order valence-corrected chi connectivity index (χ1v) is 8.28. The number of rotatable bonds is 7. The maximum absolute atomic E-state index is 12.2. The Hall–Kier alpha value is -2.34. The molecule has 0 aliphatic heterocycles. The van der Waals surface area contributed by atoms with E-state index in [0.717, 1.165) is 11.3 Å². The van der Waals surface area contributed by atoms with Crippen LogP contribution < -0.4 is 10.1 Å². The van der Waals surface area contributed by atoms with E-state index in [0.29, 0.717) is 23.9 Å². The summed E-state index contributed by atoms with van der Waals surface area (Å²) in [6.45, 7) is 6.55. The average Bonchev–Trinajstić information content (AvgIpc) is 2.94. The maximum atomic E-state index is 12.2. The minimum Gasteiger partial charge on any atom is -0.497 e. The van der Waals surface area contributed by atoms with Crippen LogP contribution >= 0.6 is 0 Å². The molecule has 0 fully saturated rings. The van der Waals surface area contributed by atoms with Gasteiger partial charge >= 0.3 is 0 Å². The SMILES string of the molecule is COc1cccc(-c2nc(CC(=O)NCC(C)(C)N(C)C)c(C)o2)c1. The van der Waals surface area contributed by atoms with Crippen LogP contribution in [-0.4, -0.2) is 49.1 Å². The summed E-state index contributed by atoms with van der Waals surface area (Å²) in [5, 5.41) is 2.96. The summed E-state index contributed by atoms with van der Waals surface area (Å²) in [4.78, 5) is 18.8. The molecule has 1 heterocycles. The second kappa shape index (κ2) is 7.70. The predicted octanol–water partition coefficient (Wildman–Crippen LogP) is 2.66. The van der Waals surface area contributed by atoms with Crippen molar-refractivity contribution in [3.8, 4) is 17.2 Å². The normalized spacial score (nSPS) is 11.6. The zero-order chi connectivity index (χ0) is 18.6. The lowest BCUT2D eigenvalue weighted by Gasteiger charge is -2.32. The summed E-state index contributed by atoms with van der Waals surface area (Å²) < 4.78 is 11.0. The number of oxazole rings is 1. The Morgan fingerprint density at radius 3 is 2.72 bits per heavy atom. The minimum absolute atomic E-state index is 0.0662. The highest BCUT2D eigenvalue weighted by molar-refractivity contribution is 5.78. The van der Waals surface area contributed by atoms with Crippen molar-refractivity contribution in [2.45, 2.75) is 32.7 Å². The van der Waals surface area contributed by atoms with Gasteiger partial charge in [0, 0.05) is 17.6 Å². The Balaban J connectivity index is 2.06. The number of benzene rings is 1. The molecule has 6 heteroatoms. The number of aryl methyl sites for hydroxylation is 1. The van der Waals surface area contributed by atoms with E-state index in [2.05, 4.69) is 29.0 Å².